The number of rotatable bonds is 4. The second-order valence-corrected chi connectivity index (χ2v) is 4.72. The van der Waals surface area contributed by atoms with Crippen molar-refractivity contribution >= 4 is 12.2 Å². The zero-order chi connectivity index (χ0) is 14.5. The van der Waals surface area contributed by atoms with Crippen molar-refractivity contribution in [2.45, 2.75) is 19.8 Å². The van der Waals surface area contributed by atoms with Gasteiger partial charge in [-0.2, -0.15) is 5.26 Å². The van der Waals surface area contributed by atoms with Crippen molar-refractivity contribution in [2.75, 3.05) is 7.11 Å². The number of aromatic nitrogens is 2. The molecule has 0 aliphatic rings. The Hall–Kier alpha value is -2.19. The molecule has 4 nitrogen and oxygen atoms in total. The number of H-pyrrole nitrogens is 1. The number of nitrogens with one attached hydrogen (secondary N) is 1. The average molecular weight is 285 g/mol. The van der Waals surface area contributed by atoms with Crippen LogP contribution in [0, 0.1) is 16.0 Å². The number of methoxy groups -OCH3 is 1. The predicted molar refractivity (Wildman–Crippen MR) is 80.1 cm³/mol. The highest BCUT2D eigenvalue weighted by Crippen LogP contribution is 2.32. The van der Waals surface area contributed by atoms with E-state index in [9.17, 15) is 0 Å². The predicted octanol–water partition coefficient (Wildman–Crippen LogP) is 3.64. The minimum absolute atomic E-state index is 0.583. The maximum absolute atomic E-state index is 9.07. The molecular formula is C15H15N3OS. The zero-order valence-corrected chi connectivity index (χ0v) is 12.3. The lowest BCUT2D eigenvalue weighted by Crippen LogP contribution is -1.99. The molecule has 0 spiro atoms. The summed E-state index contributed by atoms with van der Waals surface area (Å²) in [5.74, 6) is 0.707. The molecule has 0 aliphatic heterocycles. The van der Waals surface area contributed by atoms with Gasteiger partial charge in [0.25, 0.3) is 0 Å². The molecule has 102 valence electrons. The van der Waals surface area contributed by atoms with Crippen LogP contribution in [0.2, 0.25) is 0 Å². The van der Waals surface area contributed by atoms with Gasteiger partial charge in [0.1, 0.15) is 10.4 Å². The standard InChI is InChI=1S/C15H15N3OS/c1-3-4-11-14(17-9-18-15(11)20)12-7-10(8-16)5-6-13(12)19-2/h5-7,9H,3-4H2,1-2H3,(H,17,18,20). The average Bonchev–Trinajstić information content (AvgIpc) is 2.49. The largest absolute Gasteiger partial charge is 0.496 e. The summed E-state index contributed by atoms with van der Waals surface area (Å²) in [6.45, 7) is 2.09. The van der Waals surface area contributed by atoms with Crippen molar-refractivity contribution < 1.29 is 4.74 Å². The number of nitriles is 1. The first-order chi connectivity index (χ1) is 9.71. The van der Waals surface area contributed by atoms with Crippen LogP contribution in [0.4, 0.5) is 0 Å². The van der Waals surface area contributed by atoms with Gasteiger partial charge < -0.3 is 9.72 Å². The quantitative estimate of drug-likeness (QED) is 0.871. The van der Waals surface area contributed by atoms with Crippen molar-refractivity contribution in [3.8, 4) is 23.1 Å². The summed E-state index contributed by atoms with van der Waals surface area (Å²) >= 11 is 5.31. The Morgan fingerprint density at radius 2 is 2.25 bits per heavy atom. The molecule has 0 aliphatic carbocycles. The van der Waals surface area contributed by atoms with Crippen LogP contribution in [0.1, 0.15) is 24.5 Å². The molecule has 0 atom stereocenters. The topological polar surface area (TPSA) is 61.7 Å². The molecule has 1 heterocycles. The van der Waals surface area contributed by atoms with Gasteiger partial charge in [0, 0.05) is 11.1 Å². The number of aromatic amines is 1. The first-order valence-electron chi connectivity index (χ1n) is 6.36. The van der Waals surface area contributed by atoms with E-state index in [1.54, 1.807) is 31.6 Å². The van der Waals surface area contributed by atoms with E-state index in [4.69, 9.17) is 22.2 Å². The van der Waals surface area contributed by atoms with Crippen LogP contribution in [0.5, 0.6) is 5.75 Å². The Morgan fingerprint density at radius 1 is 1.45 bits per heavy atom. The molecule has 1 aromatic heterocycles. The Morgan fingerprint density at radius 3 is 2.90 bits per heavy atom. The number of nitrogens with zero attached hydrogens (tertiary/aromatic N) is 2. The van der Waals surface area contributed by atoms with Gasteiger partial charge in [-0.05, 0) is 24.6 Å². The third-order valence-electron chi connectivity index (χ3n) is 3.05. The number of benzene rings is 1. The summed E-state index contributed by atoms with van der Waals surface area (Å²) in [7, 11) is 1.61. The Labute approximate surface area is 123 Å². The Bertz CT molecular complexity index is 716. The van der Waals surface area contributed by atoms with Gasteiger partial charge in [-0.25, -0.2) is 4.98 Å². The summed E-state index contributed by atoms with van der Waals surface area (Å²) in [6.07, 6.45) is 3.38. The number of hydrogen-bond donors (Lipinski definition) is 1. The van der Waals surface area contributed by atoms with Crippen LogP contribution in [0.3, 0.4) is 0 Å². The Kier molecular flexibility index (Phi) is 4.49. The molecule has 1 N–H and O–H groups in total. The highest BCUT2D eigenvalue weighted by atomic mass is 32.1. The number of hydrogen-bond acceptors (Lipinski definition) is 4. The van der Waals surface area contributed by atoms with Gasteiger partial charge in [-0.3, -0.25) is 0 Å². The first-order valence-corrected chi connectivity index (χ1v) is 6.77. The molecule has 0 saturated heterocycles. The number of ether oxygens (including phenoxy) is 1. The van der Waals surface area contributed by atoms with Gasteiger partial charge in [0.05, 0.1) is 30.8 Å². The molecule has 0 fully saturated rings. The van der Waals surface area contributed by atoms with Gasteiger partial charge in [0.15, 0.2) is 0 Å². The SMILES string of the molecule is CCCc1c(-c2cc(C#N)ccc2OC)[nH]cnc1=S. The lowest BCUT2D eigenvalue weighted by atomic mass is 10.0. The lowest BCUT2D eigenvalue weighted by Gasteiger charge is -2.12. The van der Waals surface area contributed by atoms with E-state index in [-0.39, 0.29) is 0 Å². The van der Waals surface area contributed by atoms with Crippen molar-refractivity contribution in [1.29, 1.82) is 5.26 Å². The van der Waals surface area contributed by atoms with E-state index >= 15 is 0 Å². The monoisotopic (exact) mass is 285 g/mol. The van der Waals surface area contributed by atoms with Crippen molar-refractivity contribution in [3.05, 3.63) is 40.3 Å². The van der Waals surface area contributed by atoms with Crippen LogP contribution in [-0.2, 0) is 6.42 Å². The molecule has 0 bridgehead atoms. The second-order valence-electron chi connectivity index (χ2n) is 4.34. The molecule has 2 aromatic rings. The van der Waals surface area contributed by atoms with Crippen molar-refractivity contribution in [3.63, 3.8) is 0 Å². The summed E-state index contributed by atoms with van der Waals surface area (Å²) in [6, 6.07) is 7.47. The normalized spacial score (nSPS) is 10.1. The zero-order valence-electron chi connectivity index (χ0n) is 11.4. The lowest BCUT2D eigenvalue weighted by molar-refractivity contribution is 0.416. The highest BCUT2D eigenvalue weighted by Gasteiger charge is 2.13. The summed E-state index contributed by atoms with van der Waals surface area (Å²) in [4.78, 5) is 7.27. The van der Waals surface area contributed by atoms with E-state index in [1.807, 2.05) is 0 Å². The van der Waals surface area contributed by atoms with Crippen molar-refractivity contribution in [1.82, 2.24) is 9.97 Å². The van der Waals surface area contributed by atoms with Gasteiger partial charge in [-0.15, -0.1) is 0 Å². The van der Waals surface area contributed by atoms with Crippen molar-refractivity contribution in [2.24, 2.45) is 0 Å². The minimum Gasteiger partial charge on any atom is -0.496 e. The molecule has 2 rings (SSSR count). The maximum atomic E-state index is 9.07. The molecule has 0 amide bonds. The fourth-order valence-corrected chi connectivity index (χ4v) is 2.38. The van der Waals surface area contributed by atoms with Gasteiger partial charge in [-0.1, -0.05) is 25.6 Å². The second kappa shape index (κ2) is 6.31. The van der Waals surface area contributed by atoms with Crippen LogP contribution in [0.15, 0.2) is 24.5 Å². The molecule has 1 aromatic carbocycles. The fourth-order valence-electron chi connectivity index (χ4n) is 2.12. The molecule has 20 heavy (non-hydrogen) atoms. The van der Waals surface area contributed by atoms with Crippen LogP contribution in [-0.4, -0.2) is 17.1 Å². The van der Waals surface area contributed by atoms with E-state index in [1.165, 1.54) is 0 Å². The van der Waals surface area contributed by atoms with E-state index < -0.39 is 0 Å². The fraction of sp³-hybridized carbons (Fsp3) is 0.267. The third-order valence-corrected chi connectivity index (χ3v) is 3.40. The summed E-state index contributed by atoms with van der Waals surface area (Å²) in [5, 5.41) is 9.07. The van der Waals surface area contributed by atoms with Crippen LogP contribution < -0.4 is 4.74 Å². The summed E-state index contributed by atoms with van der Waals surface area (Å²) < 4.78 is 5.98. The highest BCUT2D eigenvalue weighted by molar-refractivity contribution is 7.71. The van der Waals surface area contributed by atoms with E-state index in [0.717, 1.165) is 29.7 Å². The smallest absolute Gasteiger partial charge is 0.133 e. The van der Waals surface area contributed by atoms with Gasteiger partial charge >= 0.3 is 0 Å². The van der Waals surface area contributed by atoms with Crippen LogP contribution >= 0.6 is 12.2 Å². The van der Waals surface area contributed by atoms with Crippen LogP contribution in [0.25, 0.3) is 11.3 Å². The maximum Gasteiger partial charge on any atom is 0.133 e. The van der Waals surface area contributed by atoms with E-state index in [2.05, 4.69) is 23.0 Å². The first kappa shape index (κ1) is 14.2. The molecular weight excluding hydrogens is 270 g/mol. The van der Waals surface area contributed by atoms with E-state index in [0.29, 0.717) is 16.0 Å². The third kappa shape index (κ3) is 2.70. The summed E-state index contributed by atoms with van der Waals surface area (Å²) in [5.41, 5.74) is 3.28. The molecule has 0 unspecified atom stereocenters. The molecule has 5 heteroatoms. The molecule has 0 saturated carbocycles. The minimum atomic E-state index is 0.583. The Balaban J connectivity index is 2.70. The molecule has 0 radical (unpaired) electrons. The van der Waals surface area contributed by atoms with Gasteiger partial charge in [0.2, 0.25) is 0 Å².